The van der Waals surface area contributed by atoms with Gasteiger partial charge in [0.1, 0.15) is 5.82 Å². The Labute approximate surface area is 122 Å². The molecule has 0 aliphatic heterocycles. The number of hydrogen-bond acceptors (Lipinski definition) is 1. The van der Waals surface area contributed by atoms with E-state index < -0.39 is 5.97 Å². The summed E-state index contributed by atoms with van der Waals surface area (Å²) in [4.78, 5) is 14.1. The zero-order valence-corrected chi connectivity index (χ0v) is 11.8. The third kappa shape index (κ3) is 2.84. The minimum absolute atomic E-state index is 0.323. The number of carboxylic acids is 1. The van der Waals surface area contributed by atoms with E-state index in [0.29, 0.717) is 5.56 Å². The van der Waals surface area contributed by atoms with Gasteiger partial charge >= 0.3 is 5.97 Å². The van der Waals surface area contributed by atoms with E-state index in [0.717, 1.165) is 42.7 Å². The Bertz CT molecular complexity index is 715. The van der Waals surface area contributed by atoms with E-state index in [4.69, 9.17) is 5.11 Å². The highest BCUT2D eigenvalue weighted by Crippen LogP contribution is 2.31. The predicted molar refractivity (Wildman–Crippen MR) is 80.8 cm³/mol. The molecule has 0 atom stereocenters. The van der Waals surface area contributed by atoms with E-state index in [1.807, 2.05) is 0 Å². The van der Waals surface area contributed by atoms with Gasteiger partial charge in [-0.25, -0.2) is 9.18 Å². The van der Waals surface area contributed by atoms with Gasteiger partial charge in [-0.15, -0.1) is 0 Å². The second-order valence-corrected chi connectivity index (χ2v) is 5.59. The first kappa shape index (κ1) is 13.9. The van der Waals surface area contributed by atoms with Crippen molar-refractivity contribution in [2.45, 2.75) is 38.5 Å². The van der Waals surface area contributed by atoms with Crippen LogP contribution in [0.3, 0.4) is 0 Å². The Morgan fingerprint density at radius 3 is 2.71 bits per heavy atom. The maximum absolute atomic E-state index is 13.9. The molecule has 1 aliphatic carbocycles. The lowest BCUT2D eigenvalue weighted by molar-refractivity contribution is -0.131. The number of carboxylic acid groups (broad SMARTS) is 1. The highest BCUT2D eigenvalue weighted by Gasteiger charge is 2.16. The van der Waals surface area contributed by atoms with Gasteiger partial charge in [-0.2, -0.15) is 0 Å². The monoisotopic (exact) mass is 287 g/mol. The molecule has 0 unspecified atom stereocenters. The van der Waals surface area contributed by atoms with E-state index in [1.54, 1.807) is 6.07 Å². The molecule has 1 aromatic carbocycles. The number of aromatic nitrogens is 1. The third-order valence-corrected chi connectivity index (χ3v) is 4.11. The van der Waals surface area contributed by atoms with E-state index in [1.165, 1.54) is 36.2 Å². The Morgan fingerprint density at radius 1 is 1.19 bits per heavy atom. The summed E-state index contributed by atoms with van der Waals surface area (Å²) in [5, 5.41) is 9.66. The summed E-state index contributed by atoms with van der Waals surface area (Å²) in [6.07, 6.45) is 9.15. The van der Waals surface area contributed by atoms with Crippen LogP contribution in [0.4, 0.5) is 4.39 Å². The minimum atomic E-state index is -1.03. The summed E-state index contributed by atoms with van der Waals surface area (Å²) in [7, 11) is 0. The fourth-order valence-corrected chi connectivity index (χ4v) is 3.14. The van der Waals surface area contributed by atoms with E-state index in [-0.39, 0.29) is 5.82 Å². The van der Waals surface area contributed by atoms with Crippen LogP contribution in [0.1, 0.15) is 42.5 Å². The number of benzene rings is 1. The molecule has 2 aromatic rings. The van der Waals surface area contributed by atoms with Gasteiger partial charge in [-0.3, -0.25) is 0 Å². The minimum Gasteiger partial charge on any atom is -0.478 e. The molecule has 4 heteroatoms. The average molecular weight is 287 g/mol. The second kappa shape index (κ2) is 5.72. The molecule has 21 heavy (non-hydrogen) atoms. The summed E-state index contributed by atoms with van der Waals surface area (Å²) in [6, 6.07) is 2.94. The van der Waals surface area contributed by atoms with Gasteiger partial charge < -0.3 is 10.1 Å². The number of halogens is 1. The van der Waals surface area contributed by atoms with Crippen LogP contribution < -0.4 is 0 Å². The highest BCUT2D eigenvalue weighted by atomic mass is 19.1. The Balaban J connectivity index is 2.16. The molecule has 0 spiro atoms. The Hall–Kier alpha value is -2.10. The molecule has 0 saturated heterocycles. The van der Waals surface area contributed by atoms with Crippen LogP contribution in [0.2, 0.25) is 0 Å². The summed E-state index contributed by atoms with van der Waals surface area (Å²) in [5.74, 6) is -1.35. The van der Waals surface area contributed by atoms with Crippen LogP contribution in [0.5, 0.6) is 0 Å². The normalized spacial score (nSPS) is 15.9. The fraction of sp³-hybridized carbons (Fsp3) is 0.353. The summed E-state index contributed by atoms with van der Waals surface area (Å²) >= 11 is 0. The van der Waals surface area contributed by atoms with Crippen molar-refractivity contribution < 1.29 is 14.3 Å². The maximum atomic E-state index is 13.9. The van der Waals surface area contributed by atoms with E-state index in [9.17, 15) is 9.18 Å². The molecule has 0 bridgehead atoms. The smallest absolute Gasteiger partial charge is 0.328 e. The molecule has 110 valence electrons. The zero-order chi connectivity index (χ0) is 14.8. The lowest BCUT2D eigenvalue weighted by atomic mass is 9.96. The first-order valence-electron chi connectivity index (χ1n) is 7.39. The average Bonchev–Trinajstić information content (AvgIpc) is 2.73. The van der Waals surface area contributed by atoms with Gasteiger partial charge in [-0.05, 0) is 49.5 Å². The van der Waals surface area contributed by atoms with Crippen molar-refractivity contribution in [2.24, 2.45) is 0 Å². The van der Waals surface area contributed by atoms with E-state index in [2.05, 4.69) is 4.98 Å². The third-order valence-electron chi connectivity index (χ3n) is 4.11. The van der Waals surface area contributed by atoms with Gasteiger partial charge in [-0.1, -0.05) is 12.8 Å². The molecule has 0 amide bonds. The number of nitrogens with one attached hydrogen (secondary N) is 1. The van der Waals surface area contributed by atoms with Crippen LogP contribution in [-0.2, 0) is 17.6 Å². The fourth-order valence-electron chi connectivity index (χ4n) is 3.14. The quantitative estimate of drug-likeness (QED) is 0.818. The Morgan fingerprint density at radius 2 is 1.95 bits per heavy atom. The molecule has 1 aromatic heterocycles. The lowest BCUT2D eigenvalue weighted by Crippen LogP contribution is -1.97. The van der Waals surface area contributed by atoms with Crippen molar-refractivity contribution in [3.63, 3.8) is 0 Å². The Kier molecular flexibility index (Phi) is 3.78. The largest absolute Gasteiger partial charge is 0.478 e. The van der Waals surface area contributed by atoms with Gasteiger partial charge in [0, 0.05) is 22.7 Å². The molecular formula is C17H18FNO2. The number of H-pyrrole nitrogens is 1. The molecule has 0 saturated carbocycles. The number of carbonyl (C=O) groups is 1. The molecule has 1 heterocycles. The van der Waals surface area contributed by atoms with Gasteiger partial charge in [0.25, 0.3) is 0 Å². The summed E-state index contributed by atoms with van der Waals surface area (Å²) in [5.41, 5.74) is 3.83. The second-order valence-electron chi connectivity index (χ2n) is 5.59. The summed E-state index contributed by atoms with van der Waals surface area (Å²) in [6.45, 7) is 0. The standard InChI is InChI=1S/C17H18FNO2/c18-12-9-11(7-8-16(20)21)17-14(10-12)13-5-3-1-2-4-6-15(13)19-17/h7-10,19H,1-6H2,(H,20,21)/b8-7+. The number of aryl methyl sites for hydroxylation is 2. The number of hydrogen-bond donors (Lipinski definition) is 2. The zero-order valence-electron chi connectivity index (χ0n) is 11.8. The van der Waals surface area contributed by atoms with E-state index >= 15 is 0 Å². The number of aliphatic carboxylic acids is 1. The lowest BCUT2D eigenvalue weighted by Gasteiger charge is -2.09. The van der Waals surface area contributed by atoms with Crippen molar-refractivity contribution in [2.75, 3.05) is 0 Å². The topological polar surface area (TPSA) is 53.1 Å². The molecule has 2 N–H and O–H groups in total. The number of aromatic amines is 1. The maximum Gasteiger partial charge on any atom is 0.328 e. The molecule has 0 radical (unpaired) electrons. The van der Waals surface area contributed by atoms with Crippen LogP contribution in [-0.4, -0.2) is 16.1 Å². The molecule has 3 rings (SSSR count). The van der Waals surface area contributed by atoms with Crippen molar-refractivity contribution in [1.82, 2.24) is 4.98 Å². The van der Waals surface area contributed by atoms with Crippen LogP contribution in [0.15, 0.2) is 18.2 Å². The molecule has 1 aliphatic rings. The molecule has 3 nitrogen and oxygen atoms in total. The van der Waals surface area contributed by atoms with Gasteiger partial charge in [0.05, 0.1) is 5.52 Å². The van der Waals surface area contributed by atoms with Crippen LogP contribution in [0, 0.1) is 5.82 Å². The molecule has 0 fully saturated rings. The van der Waals surface area contributed by atoms with Gasteiger partial charge in [0.2, 0.25) is 0 Å². The van der Waals surface area contributed by atoms with Gasteiger partial charge in [0.15, 0.2) is 0 Å². The first-order chi connectivity index (χ1) is 10.1. The van der Waals surface area contributed by atoms with Crippen LogP contribution in [0.25, 0.3) is 17.0 Å². The molecular weight excluding hydrogens is 269 g/mol. The van der Waals surface area contributed by atoms with Crippen molar-refractivity contribution in [1.29, 1.82) is 0 Å². The highest BCUT2D eigenvalue weighted by molar-refractivity contribution is 5.94. The SMILES string of the molecule is O=C(O)/C=C/c1cc(F)cc2c3c([nH]c12)CCCCCC3. The number of rotatable bonds is 2. The van der Waals surface area contributed by atoms with Crippen molar-refractivity contribution in [3.05, 3.63) is 40.8 Å². The van der Waals surface area contributed by atoms with Crippen molar-refractivity contribution >= 4 is 22.9 Å². The first-order valence-corrected chi connectivity index (χ1v) is 7.39. The van der Waals surface area contributed by atoms with Crippen molar-refractivity contribution in [3.8, 4) is 0 Å². The number of fused-ring (bicyclic) bond motifs is 3. The predicted octanol–water partition coefficient (Wildman–Crippen LogP) is 4.06. The van der Waals surface area contributed by atoms with Crippen LogP contribution >= 0.6 is 0 Å². The summed E-state index contributed by atoms with van der Waals surface area (Å²) < 4.78 is 13.9.